The number of esters is 1. The SMILES string of the molecule is COC(=O)[C@@H](NC(=O)OCc1ccccc1)c1cccc(NC(=O)Cn2nc(C)cc2C)c1. The predicted molar refractivity (Wildman–Crippen MR) is 121 cm³/mol. The second-order valence-electron chi connectivity index (χ2n) is 7.42. The summed E-state index contributed by atoms with van der Waals surface area (Å²) in [5.41, 5.74) is 3.42. The Morgan fingerprint density at radius 3 is 2.45 bits per heavy atom. The Kier molecular flexibility index (Phi) is 7.80. The minimum absolute atomic E-state index is 0.0500. The first kappa shape index (κ1) is 23.5. The van der Waals surface area contributed by atoms with E-state index in [1.165, 1.54) is 7.11 Å². The summed E-state index contributed by atoms with van der Waals surface area (Å²) in [6.07, 6.45) is -0.770. The van der Waals surface area contributed by atoms with Gasteiger partial charge in [0.15, 0.2) is 6.04 Å². The molecule has 0 aliphatic rings. The van der Waals surface area contributed by atoms with E-state index in [4.69, 9.17) is 9.47 Å². The van der Waals surface area contributed by atoms with Gasteiger partial charge in [-0.1, -0.05) is 42.5 Å². The van der Waals surface area contributed by atoms with Crippen LogP contribution < -0.4 is 10.6 Å². The number of rotatable bonds is 8. The topological polar surface area (TPSA) is 112 Å². The average molecular weight is 450 g/mol. The zero-order chi connectivity index (χ0) is 23.8. The molecule has 172 valence electrons. The lowest BCUT2D eigenvalue weighted by Crippen LogP contribution is -2.35. The number of methoxy groups -OCH3 is 1. The van der Waals surface area contributed by atoms with Gasteiger partial charge in [0, 0.05) is 11.4 Å². The Hall–Kier alpha value is -4.14. The number of alkyl carbamates (subject to hydrolysis) is 1. The monoisotopic (exact) mass is 450 g/mol. The number of hydrogen-bond donors (Lipinski definition) is 2. The number of carbonyl (C=O) groups is 3. The largest absolute Gasteiger partial charge is 0.467 e. The molecule has 3 aromatic rings. The van der Waals surface area contributed by atoms with Crippen LogP contribution >= 0.6 is 0 Å². The number of carbonyl (C=O) groups excluding carboxylic acids is 3. The number of aryl methyl sites for hydroxylation is 2. The average Bonchev–Trinajstić information content (AvgIpc) is 3.12. The summed E-state index contributed by atoms with van der Waals surface area (Å²) in [5.74, 6) is -0.944. The van der Waals surface area contributed by atoms with Gasteiger partial charge in [-0.05, 0) is 43.2 Å². The summed E-state index contributed by atoms with van der Waals surface area (Å²) in [4.78, 5) is 37.1. The summed E-state index contributed by atoms with van der Waals surface area (Å²) in [6.45, 7) is 3.84. The lowest BCUT2D eigenvalue weighted by Gasteiger charge is -2.18. The van der Waals surface area contributed by atoms with E-state index in [0.717, 1.165) is 17.0 Å². The lowest BCUT2D eigenvalue weighted by atomic mass is 10.1. The fourth-order valence-corrected chi connectivity index (χ4v) is 3.25. The molecule has 2 amide bonds. The van der Waals surface area contributed by atoms with Crippen molar-refractivity contribution in [2.45, 2.75) is 33.0 Å². The van der Waals surface area contributed by atoms with Gasteiger partial charge in [-0.3, -0.25) is 9.48 Å². The van der Waals surface area contributed by atoms with E-state index in [2.05, 4.69) is 15.7 Å². The third-order valence-electron chi connectivity index (χ3n) is 4.81. The predicted octanol–water partition coefficient (Wildman–Crippen LogP) is 3.28. The van der Waals surface area contributed by atoms with E-state index in [0.29, 0.717) is 11.3 Å². The normalized spacial score (nSPS) is 11.4. The molecule has 2 aromatic carbocycles. The molecule has 3 rings (SSSR count). The van der Waals surface area contributed by atoms with Gasteiger partial charge in [0.2, 0.25) is 5.91 Å². The number of nitrogens with one attached hydrogen (secondary N) is 2. The first-order valence-electron chi connectivity index (χ1n) is 10.3. The zero-order valence-electron chi connectivity index (χ0n) is 18.7. The molecule has 33 heavy (non-hydrogen) atoms. The highest BCUT2D eigenvalue weighted by molar-refractivity contribution is 5.91. The minimum Gasteiger partial charge on any atom is -0.467 e. The molecular formula is C24H26N4O5. The van der Waals surface area contributed by atoms with Crippen LogP contribution in [0.3, 0.4) is 0 Å². The number of ether oxygens (including phenoxy) is 2. The summed E-state index contributed by atoms with van der Waals surface area (Å²) >= 11 is 0. The van der Waals surface area contributed by atoms with Crippen LogP contribution in [0.2, 0.25) is 0 Å². The molecule has 1 aromatic heterocycles. The van der Waals surface area contributed by atoms with Crippen LogP contribution in [0.1, 0.15) is 28.6 Å². The molecule has 0 radical (unpaired) electrons. The summed E-state index contributed by atoms with van der Waals surface area (Å²) in [5, 5.41) is 9.58. The van der Waals surface area contributed by atoms with Gasteiger partial charge < -0.3 is 20.1 Å². The molecular weight excluding hydrogens is 424 g/mol. The van der Waals surface area contributed by atoms with Gasteiger partial charge in [-0.2, -0.15) is 5.10 Å². The maximum Gasteiger partial charge on any atom is 0.408 e. The Labute approximate surface area is 191 Å². The van der Waals surface area contributed by atoms with Crippen molar-refractivity contribution in [2.75, 3.05) is 12.4 Å². The second-order valence-corrected chi connectivity index (χ2v) is 7.42. The highest BCUT2D eigenvalue weighted by Gasteiger charge is 2.25. The maximum absolute atomic E-state index is 12.5. The number of amides is 2. The number of aromatic nitrogens is 2. The Balaban J connectivity index is 1.66. The fraction of sp³-hybridized carbons (Fsp3) is 0.250. The number of anilines is 1. The Bertz CT molecular complexity index is 1130. The summed E-state index contributed by atoms with van der Waals surface area (Å²) < 4.78 is 11.7. The summed E-state index contributed by atoms with van der Waals surface area (Å²) in [6, 6.07) is 16.6. The first-order chi connectivity index (χ1) is 15.9. The van der Waals surface area contributed by atoms with E-state index in [-0.39, 0.29) is 19.1 Å². The molecule has 9 heteroatoms. The summed E-state index contributed by atoms with van der Waals surface area (Å²) in [7, 11) is 1.23. The molecule has 0 fully saturated rings. The molecule has 2 N–H and O–H groups in total. The van der Waals surface area contributed by atoms with Gasteiger partial charge in [0.05, 0.1) is 12.8 Å². The van der Waals surface area contributed by atoms with Crippen LogP contribution in [-0.4, -0.2) is 34.9 Å². The first-order valence-corrected chi connectivity index (χ1v) is 10.3. The number of benzene rings is 2. The maximum atomic E-state index is 12.5. The molecule has 0 bridgehead atoms. The van der Waals surface area contributed by atoms with E-state index in [9.17, 15) is 14.4 Å². The highest BCUT2D eigenvalue weighted by atomic mass is 16.6. The molecule has 0 aliphatic heterocycles. The third-order valence-corrected chi connectivity index (χ3v) is 4.81. The molecule has 0 saturated carbocycles. The minimum atomic E-state index is -1.11. The van der Waals surface area contributed by atoms with Crippen molar-refractivity contribution >= 4 is 23.7 Å². The molecule has 0 unspecified atom stereocenters. The Morgan fingerprint density at radius 2 is 1.79 bits per heavy atom. The molecule has 0 aliphatic carbocycles. The van der Waals surface area contributed by atoms with Crippen molar-refractivity contribution in [3.8, 4) is 0 Å². The van der Waals surface area contributed by atoms with E-state index < -0.39 is 18.1 Å². The number of nitrogens with zero attached hydrogens (tertiary/aromatic N) is 2. The van der Waals surface area contributed by atoms with E-state index in [1.807, 2.05) is 50.2 Å². The van der Waals surface area contributed by atoms with Crippen LogP contribution in [0.15, 0.2) is 60.7 Å². The van der Waals surface area contributed by atoms with Crippen molar-refractivity contribution in [1.82, 2.24) is 15.1 Å². The van der Waals surface area contributed by atoms with Crippen LogP contribution in [0.4, 0.5) is 10.5 Å². The van der Waals surface area contributed by atoms with Gasteiger partial charge in [-0.15, -0.1) is 0 Å². The molecule has 1 heterocycles. The van der Waals surface area contributed by atoms with E-state index in [1.54, 1.807) is 28.9 Å². The van der Waals surface area contributed by atoms with Crippen LogP contribution in [0, 0.1) is 13.8 Å². The van der Waals surface area contributed by atoms with Crippen LogP contribution in [0.5, 0.6) is 0 Å². The molecule has 0 spiro atoms. The zero-order valence-corrected chi connectivity index (χ0v) is 18.7. The van der Waals surface area contributed by atoms with Crippen molar-refractivity contribution < 1.29 is 23.9 Å². The van der Waals surface area contributed by atoms with Crippen LogP contribution in [0.25, 0.3) is 0 Å². The molecule has 9 nitrogen and oxygen atoms in total. The number of hydrogen-bond acceptors (Lipinski definition) is 6. The van der Waals surface area contributed by atoms with Crippen molar-refractivity contribution in [3.63, 3.8) is 0 Å². The van der Waals surface area contributed by atoms with Crippen LogP contribution in [-0.2, 0) is 32.2 Å². The quantitative estimate of drug-likeness (QED) is 0.510. The van der Waals surface area contributed by atoms with E-state index >= 15 is 0 Å². The standard InChI is InChI=1S/C24H26N4O5/c1-16-12-17(2)28(27-16)14-21(29)25-20-11-7-10-19(13-20)22(23(30)32-3)26-24(31)33-15-18-8-5-4-6-9-18/h4-13,22H,14-15H2,1-3H3,(H,25,29)(H,26,31)/t22-/m0/s1. The fourth-order valence-electron chi connectivity index (χ4n) is 3.25. The van der Waals surface area contributed by atoms with Gasteiger partial charge >= 0.3 is 12.1 Å². The van der Waals surface area contributed by atoms with Crippen molar-refractivity contribution in [2.24, 2.45) is 0 Å². The van der Waals surface area contributed by atoms with Gasteiger partial charge in [-0.25, -0.2) is 9.59 Å². The second kappa shape index (κ2) is 10.9. The highest BCUT2D eigenvalue weighted by Crippen LogP contribution is 2.20. The van der Waals surface area contributed by atoms with Crippen molar-refractivity contribution in [1.29, 1.82) is 0 Å². The smallest absolute Gasteiger partial charge is 0.408 e. The molecule has 1 atom stereocenters. The van der Waals surface area contributed by atoms with Gasteiger partial charge in [0.1, 0.15) is 13.2 Å². The molecule has 0 saturated heterocycles. The lowest BCUT2D eigenvalue weighted by molar-refractivity contribution is -0.143. The Morgan fingerprint density at radius 1 is 1.03 bits per heavy atom. The van der Waals surface area contributed by atoms with Gasteiger partial charge in [0.25, 0.3) is 0 Å². The third kappa shape index (κ3) is 6.67. The van der Waals surface area contributed by atoms with Crippen molar-refractivity contribution in [3.05, 3.63) is 83.2 Å².